The second kappa shape index (κ2) is 10.4. The van der Waals surface area contributed by atoms with E-state index in [2.05, 4.69) is 13.8 Å². The number of aryl methyl sites for hydroxylation is 1. The third kappa shape index (κ3) is 6.89. The molecule has 146 valence electrons. The highest BCUT2D eigenvalue weighted by Gasteiger charge is 2.31. The minimum absolute atomic E-state index is 0.0180. The Labute approximate surface area is 157 Å². The fourth-order valence-electron chi connectivity index (χ4n) is 3.54. The summed E-state index contributed by atoms with van der Waals surface area (Å²) in [5, 5.41) is 8.68. The number of hydrogen-bond donors (Lipinski definition) is 1. The summed E-state index contributed by atoms with van der Waals surface area (Å²) in [5.74, 6) is 0.837. The lowest BCUT2D eigenvalue weighted by Crippen LogP contribution is -2.36. The highest BCUT2D eigenvalue weighted by Crippen LogP contribution is 2.37. The normalized spacial score (nSPS) is 18.8. The molecule has 0 aliphatic carbocycles. The Bertz CT molecular complexity index is 569. The van der Waals surface area contributed by atoms with E-state index < -0.39 is 5.97 Å². The van der Waals surface area contributed by atoms with Crippen LogP contribution < -0.4 is 9.47 Å². The van der Waals surface area contributed by atoms with Crippen LogP contribution in [0, 0.1) is 0 Å². The molecule has 0 spiro atoms. The lowest BCUT2D eigenvalue weighted by Gasteiger charge is -2.36. The van der Waals surface area contributed by atoms with Crippen molar-refractivity contribution >= 4 is 5.97 Å². The lowest BCUT2D eigenvalue weighted by atomic mass is 9.88. The zero-order valence-corrected chi connectivity index (χ0v) is 16.4. The predicted molar refractivity (Wildman–Crippen MR) is 104 cm³/mol. The zero-order valence-electron chi connectivity index (χ0n) is 16.4. The molecule has 1 unspecified atom stereocenters. The van der Waals surface area contributed by atoms with E-state index in [0.717, 1.165) is 36.3 Å². The first-order valence-corrected chi connectivity index (χ1v) is 10.2. The second-order valence-corrected chi connectivity index (χ2v) is 7.69. The average molecular weight is 363 g/mol. The zero-order chi connectivity index (χ0) is 18.8. The quantitative estimate of drug-likeness (QED) is 0.480. The largest absolute Gasteiger partial charge is 0.493 e. The van der Waals surface area contributed by atoms with E-state index >= 15 is 0 Å². The standard InChI is InChI=1S/C22H34O4/c1-3-4-5-6-7-8-9-14-22(2)15-12-18-17-19(10-11-20(18)26-22)25-16-13-21(23)24/h10-11,17H,3-9,12-16H2,1-2H3,(H,23,24). The number of rotatable bonds is 12. The molecule has 0 fully saturated rings. The van der Waals surface area contributed by atoms with E-state index in [1.807, 2.05) is 18.2 Å². The number of carbonyl (C=O) groups is 1. The van der Waals surface area contributed by atoms with Crippen molar-refractivity contribution in [2.24, 2.45) is 0 Å². The Morgan fingerprint density at radius 3 is 2.65 bits per heavy atom. The first-order valence-electron chi connectivity index (χ1n) is 10.2. The molecule has 0 saturated heterocycles. The molecule has 1 aliphatic heterocycles. The average Bonchev–Trinajstić information content (AvgIpc) is 2.61. The summed E-state index contributed by atoms with van der Waals surface area (Å²) in [7, 11) is 0. The van der Waals surface area contributed by atoms with Gasteiger partial charge in [-0.3, -0.25) is 4.79 Å². The number of fused-ring (bicyclic) bond motifs is 1. The molecule has 26 heavy (non-hydrogen) atoms. The maximum atomic E-state index is 10.6. The van der Waals surface area contributed by atoms with Crippen LogP contribution in [0.5, 0.6) is 11.5 Å². The van der Waals surface area contributed by atoms with Crippen LogP contribution in [-0.2, 0) is 11.2 Å². The third-order valence-corrected chi connectivity index (χ3v) is 5.21. The third-order valence-electron chi connectivity index (χ3n) is 5.21. The van der Waals surface area contributed by atoms with Crippen molar-refractivity contribution < 1.29 is 19.4 Å². The number of benzene rings is 1. The number of ether oxygens (including phenoxy) is 2. The summed E-state index contributed by atoms with van der Waals surface area (Å²) in [4.78, 5) is 10.6. The molecular weight excluding hydrogens is 328 g/mol. The van der Waals surface area contributed by atoms with Crippen molar-refractivity contribution in [3.8, 4) is 11.5 Å². The maximum absolute atomic E-state index is 10.6. The van der Waals surface area contributed by atoms with Gasteiger partial charge in [-0.25, -0.2) is 0 Å². The van der Waals surface area contributed by atoms with Crippen molar-refractivity contribution in [1.29, 1.82) is 0 Å². The lowest BCUT2D eigenvalue weighted by molar-refractivity contribution is -0.137. The molecule has 4 nitrogen and oxygen atoms in total. The van der Waals surface area contributed by atoms with Crippen molar-refractivity contribution in [2.45, 2.75) is 90.1 Å². The number of carboxylic acid groups (broad SMARTS) is 1. The Hall–Kier alpha value is -1.71. The van der Waals surface area contributed by atoms with Crippen molar-refractivity contribution in [3.63, 3.8) is 0 Å². The Kier molecular flexibility index (Phi) is 8.27. The fourth-order valence-corrected chi connectivity index (χ4v) is 3.54. The summed E-state index contributed by atoms with van der Waals surface area (Å²) < 4.78 is 11.8. The van der Waals surface area contributed by atoms with Gasteiger partial charge in [0, 0.05) is 0 Å². The number of aliphatic carboxylic acids is 1. The van der Waals surface area contributed by atoms with Gasteiger partial charge in [-0.15, -0.1) is 0 Å². The van der Waals surface area contributed by atoms with Gasteiger partial charge in [-0.05, 0) is 56.4 Å². The molecule has 1 aliphatic rings. The first kappa shape index (κ1) is 20.6. The first-order chi connectivity index (χ1) is 12.5. The number of unbranched alkanes of at least 4 members (excludes halogenated alkanes) is 6. The van der Waals surface area contributed by atoms with Gasteiger partial charge < -0.3 is 14.6 Å². The highest BCUT2D eigenvalue weighted by atomic mass is 16.5. The maximum Gasteiger partial charge on any atom is 0.306 e. The van der Waals surface area contributed by atoms with Crippen LogP contribution in [0.25, 0.3) is 0 Å². The Morgan fingerprint density at radius 1 is 1.19 bits per heavy atom. The van der Waals surface area contributed by atoms with E-state index in [0.29, 0.717) is 0 Å². The smallest absolute Gasteiger partial charge is 0.306 e. The molecule has 0 aromatic heterocycles. The second-order valence-electron chi connectivity index (χ2n) is 7.69. The monoisotopic (exact) mass is 362 g/mol. The fraction of sp³-hybridized carbons (Fsp3) is 0.682. The molecule has 0 amide bonds. The molecule has 1 atom stereocenters. The molecular formula is C22H34O4. The highest BCUT2D eigenvalue weighted by molar-refractivity contribution is 5.66. The van der Waals surface area contributed by atoms with Crippen molar-refractivity contribution in [1.82, 2.24) is 0 Å². The molecule has 2 rings (SSSR count). The molecule has 0 radical (unpaired) electrons. The summed E-state index contributed by atoms with van der Waals surface area (Å²) in [6, 6.07) is 5.83. The van der Waals surface area contributed by atoms with Gasteiger partial charge >= 0.3 is 5.97 Å². The number of carboxylic acids is 1. The summed E-state index contributed by atoms with van der Waals surface area (Å²) in [5.41, 5.74) is 1.09. The minimum atomic E-state index is -0.840. The van der Waals surface area contributed by atoms with Crippen LogP contribution in [0.4, 0.5) is 0 Å². The van der Waals surface area contributed by atoms with Gasteiger partial charge in [-0.2, -0.15) is 0 Å². The van der Waals surface area contributed by atoms with E-state index in [4.69, 9.17) is 14.6 Å². The van der Waals surface area contributed by atoms with E-state index in [-0.39, 0.29) is 18.6 Å². The summed E-state index contributed by atoms with van der Waals surface area (Å²) >= 11 is 0. The molecule has 0 saturated carbocycles. The number of hydrogen-bond acceptors (Lipinski definition) is 3. The van der Waals surface area contributed by atoms with Crippen LogP contribution >= 0.6 is 0 Å². The summed E-state index contributed by atoms with van der Waals surface area (Å²) in [6.45, 7) is 4.68. The van der Waals surface area contributed by atoms with Gasteiger partial charge in [0.2, 0.25) is 0 Å². The molecule has 4 heteroatoms. The Morgan fingerprint density at radius 2 is 1.92 bits per heavy atom. The van der Waals surface area contributed by atoms with Gasteiger partial charge in [0.25, 0.3) is 0 Å². The molecule has 1 N–H and O–H groups in total. The SMILES string of the molecule is CCCCCCCCCC1(C)CCc2cc(OCCC(=O)O)ccc2O1. The molecule has 1 aromatic rings. The Balaban J connectivity index is 1.76. The van der Waals surface area contributed by atoms with Gasteiger partial charge in [0.05, 0.1) is 13.0 Å². The van der Waals surface area contributed by atoms with Crippen molar-refractivity contribution in [3.05, 3.63) is 23.8 Å². The molecule has 0 bridgehead atoms. The molecule has 1 aromatic carbocycles. The topological polar surface area (TPSA) is 55.8 Å². The van der Waals surface area contributed by atoms with Crippen LogP contribution in [0.2, 0.25) is 0 Å². The van der Waals surface area contributed by atoms with Crippen LogP contribution in [-0.4, -0.2) is 23.3 Å². The van der Waals surface area contributed by atoms with E-state index in [9.17, 15) is 4.79 Å². The van der Waals surface area contributed by atoms with Crippen LogP contribution in [0.3, 0.4) is 0 Å². The minimum Gasteiger partial charge on any atom is -0.493 e. The summed E-state index contributed by atoms with van der Waals surface area (Å²) in [6.07, 6.45) is 12.4. The van der Waals surface area contributed by atoms with Gasteiger partial charge in [0.1, 0.15) is 17.1 Å². The van der Waals surface area contributed by atoms with E-state index in [1.165, 1.54) is 44.9 Å². The van der Waals surface area contributed by atoms with Gasteiger partial charge in [-0.1, -0.05) is 45.4 Å². The van der Waals surface area contributed by atoms with Gasteiger partial charge in [0.15, 0.2) is 0 Å². The van der Waals surface area contributed by atoms with Crippen molar-refractivity contribution in [2.75, 3.05) is 6.61 Å². The van der Waals surface area contributed by atoms with Crippen LogP contribution in [0.1, 0.15) is 83.6 Å². The predicted octanol–water partition coefficient (Wildman–Crippen LogP) is 5.76. The molecule has 1 heterocycles. The van der Waals surface area contributed by atoms with E-state index in [1.54, 1.807) is 0 Å². The van der Waals surface area contributed by atoms with Crippen LogP contribution in [0.15, 0.2) is 18.2 Å².